The Kier molecular flexibility index (Phi) is 4.54. The SMILES string of the molecule is Cc1nn(C)c(C)c1[C@@H]1CC(c2ccccc2O)=NN1c1ccc([N+](=O)[O-])cc1. The predicted octanol–water partition coefficient (Wildman–Crippen LogP) is 4.01. The monoisotopic (exact) mass is 391 g/mol. The summed E-state index contributed by atoms with van der Waals surface area (Å²) in [6.07, 6.45) is 0.585. The smallest absolute Gasteiger partial charge is 0.269 e. The third-order valence-electron chi connectivity index (χ3n) is 5.35. The number of phenolic OH excluding ortho intramolecular Hbond substituents is 1. The highest BCUT2D eigenvalue weighted by atomic mass is 16.6. The van der Waals surface area contributed by atoms with Crippen LogP contribution in [0.25, 0.3) is 0 Å². The summed E-state index contributed by atoms with van der Waals surface area (Å²) in [7, 11) is 1.90. The normalized spacial score (nSPS) is 16.2. The summed E-state index contributed by atoms with van der Waals surface area (Å²) in [4.78, 5) is 10.6. The lowest BCUT2D eigenvalue weighted by molar-refractivity contribution is -0.384. The van der Waals surface area contributed by atoms with Gasteiger partial charge in [-0.3, -0.25) is 19.8 Å². The van der Waals surface area contributed by atoms with Crippen molar-refractivity contribution in [1.82, 2.24) is 9.78 Å². The van der Waals surface area contributed by atoms with Crippen molar-refractivity contribution < 1.29 is 10.0 Å². The summed E-state index contributed by atoms with van der Waals surface area (Å²) in [5, 5.41) is 32.5. The van der Waals surface area contributed by atoms with Gasteiger partial charge in [0.25, 0.3) is 5.69 Å². The number of nitro groups is 1. The molecule has 1 aromatic heterocycles. The standard InChI is InChI=1S/C21H21N5O3/c1-13-21(14(2)24(3)22-13)19-12-18(17-6-4-5-7-20(17)27)23-25(19)15-8-10-16(11-9-15)26(28)29/h4-11,19,27H,12H2,1-3H3/t19-/m0/s1. The van der Waals surface area contributed by atoms with Crippen LogP contribution in [0.5, 0.6) is 5.75 Å². The highest BCUT2D eigenvalue weighted by Crippen LogP contribution is 2.40. The van der Waals surface area contributed by atoms with Gasteiger partial charge >= 0.3 is 0 Å². The average Bonchev–Trinajstić information content (AvgIpc) is 3.23. The summed E-state index contributed by atoms with van der Waals surface area (Å²) in [5.74, 6) is 0.176. The first-order valence-corrected chi connectivity index (χ1v) is 9.26. The maximum atomic E-state index is 11.0. The van der Waals surface area contributed by atoms with E-state index in [0.717, 1.165) is 28.4 Å². The van der Waals surface area contributed by atoms with Crippen molar-refractivity contribution in [2.24, 2.45) is 12.1 Å². The van der Waals surface area contributed by atoms with E-state index in [-0.39, 0.29) is 17.5 Å². The topological polar surface area (TPSA) is 96.8 Å². The highest BCUT2D eigenvalue weighted by molar-refractivity contribution is 6.05. The number of aromatic hydroxyl groups is 1. The lowest BCUT2D eigenvalue weighted by Crippen LogP contribution is -2.20. The molecular weight excluding hydrogens is 370 g/mol. The van der Waals surface area contributed by atoms with E-state index in [1.165, 1.54) is 12.1 Å². The van der Waals surface area contributed by atoms with Gasteiger partial charge in [0.05, 0.1) is 28.1 Å². The Hall–Kier alpha value is -3.68. The third kappa shape index (κ3) is 3.22. The minimum atomic E-state index is -0.419. The van der Waals surface area contributed by atoms with E-state index in [4.69, 9.17) is 5.10 Å². The largest absolute Gasteiger partial charge is 0.507 e. The summed E-state index contributed by atoms with van der Waals surface area (Å²) >= 11 is 0. The maximum absolute atomic E-state index is 11.0. The molecule has 0 amide bonds. The second-order valence-electron chi connectivity index (χ2n) is 7.11. The molecule has 0 spiro atoms. The number of nitro benzene ring substituents is 1. The quantitative estimate of drug-likeness (QED) is 0.535. The molecule has 0 unspecified atom stereocenters. The van der Waals surface area contributed by atoms with Crippen molar-refractivity contribution in [2.75, 3.05) is 5.01 Å². The highest BCUT2D eigenvalue weighted by Gasteiger charge is 2.34. The molecule has 29 heavy (non-hydrogen) atoms. The number of non-ortho nitro benzene ring substituents is 1. The average molecular weight is 391 g/mol. The van der Waals surface area contributed by atoms with Crippen molar-refractivity contribution >= 4 is 17.1 Å². The molecular formula is C21H21N5O3. The van der Waals surface area contributed by atoms with E-state index in [2.05, 4.69) is 5.10 Å². The predicted molar refractivity (Wildman–Crippen MR) is 110 cm³/mol. The first-order chi connectivity index (χ1) is 13.9. The third-order valence-corrected chi connectivity index (χ3v) is 5.35. The van der Waals surface area contributed by atoms with Crippen LogP contribution in [-0.4, -0.2) is 25.5 Å². The molecule has 3 aromatic rings. The maximum Gasteiger partial charge on any atom is 0.269 e. The second kappa shape index (κ2) is 7.05. The first kappa shape index (κ1) is 18.7. The first-order valence-electron chi connectivity index (χ1n) is 9.26. The second-order valence-corrected chi connectivity index (χ2v) is 7.11. The number of rotatable bonds is 4. The van der Waals surface area contributed by atoms with Crippen molar-refractivity contribution in [3.63, 3.8) is 0 Å². The zero-order valence-corrected chi connectivity index (χ0v) is 16.4. The van der Waals surface area contributed by atoms with Crippen molar-refractivity contribution in [2.45, 2.75) is 26.3 Å². The summed E-state index contributed by atoms with van der Waals surface area (Å²) < 4.78 is 1.84. The van der Waals surface area contributed by atoms with Gasteiger partial charge in [0.2, 0.25) is 0 Å². The van der Waals surface area contributed by atoms with Gasteiger partial charge in [0.1, 0.15) is 5.75 Å². The van der Waals surface area contributed by atoms with Crippen molar-refractivity contribution in [1.29, 1.82) is 0 Å². The number of phenols is 1. The van der Waals surface area contributed by atoms with Gasteiger partial charge in [-0.25, -0.2) is 0 Å². The number of aromatic nitrogens is 2. The molecule has 0 radical (unpaired) electrons. The molecule has 8 nitrogen and oxygen atoms in total. The van der Waals surface area contributed by atoms with E-state index >= 15 is 0 Å². The van der Waals surface area contributed by atoms with Gasteiger partial charge in [-0.15, -0.1) is 0 Å². The number of anilines is 1. The van der Waals surface area contributed by atoms with Crippen LogP contribution in [0.2, 0.25) is 0 Å². The van der Waals surface area contributed by atoms with Crippen LogP contribution in [0, 0.1) is 24.0 Å². The van der Waals surface area contributed by atoms with E-state index in [1.54, 1.807) is 24.3 Å². The van der Waals surface area contributed by atoms with Gasteiger partial charge < -0.3 is 5.11 Å². The van der Waals surface area contributed by atoms with Gasteiger partial charge in [-0.2, -0.15) is 10.2 Å². The molecule has 8 heteroatoms. The molecule has 2 heterocycles. The van der Waals surface area contributed by atoms with Crippen LogP contribution in [0.3, 0.4) is 0 Å². The molecule has 0 aliphatic carbocycles. The van der Waals surface area contributed by atoms with E-state index in [0.29, 0.717) is 12.0 Å². The fourth-order valence-electron chi connectivity index (χ4n) is 3.85. The molecule has 0 bridgehead atoms. The van der Waals surface area contributed by atoms with Crippen molar-refractivity contribution in [3.8, 4) is 5.75 Å². The Labute approximate surface area is 167 Å². The number of hydrogen-bond acceptors (Lipinski definition) is 6. The zero-order chi connectivity index (χ0) is 20.7. The van der Waals surface area contributed by atoms with Crippen LogP contribution in [-0.2, 0) is 7.05 Å². The molecule has 0 fully saturated rings. The molecule has 0 saturated heterocycles. The number of para-hydroxylation sites is 1. The van der Waals surface area contributed by atoms with E-state index in [9.17, 15) is 15.2 Å². The van der Waals surface area contributed by atoms with Crippen LogP contribution >= 0.6 is 0 Å². The fourth-order valence-corrected chi connectivity index (χ4v) is 3.85. The zero-order valence-electron chi connectivity index (χ0n) is 16.4. The summed E-state index contributed by atoms with van der Waals surface area (Å²) in [6, 6.07) is 13.3. The Morgan fingerprint density at radius 2 is 1.83 bits per heavy atom. The summed E-state index contributed by atoms with van der Waals surface area (Å²) in [6.45, 7) is 3.98. The lowest BCUT2D eigenvalue weighted by Gasteiger charge is -2.24. The molecule has 1 aliphatic heterocycles. The molecule has 148 valence electrons. The number of hydrazone groups is 1. The van der Waals surface area contributed by atoms with Crippen LogP contribution in [0.1, 0.15) is 35.0 Å². The molecule has 1 aliphatic rings. The van der Waals surface area contributed by atoms with Crippen LogP contribution in [0.4, 0.5) is 11.4 Å². The van der Waals surface area contributed by atoms with Gasteiger partial charge in [-0.1, -0.05) is 12.1 Å². The molecule has 1 N–H and O–H groups in total. The molecule has 1 atom stereocenters. The van der Waals surface area contributed by atoms with Gasteiger partial charge in [0.15, 0.2) is 0 Å². The number of benzene rings is 2. The number of hydrogen-bond donors (Lipinski definition) is 1. The van der Waals surface area contributed by atoms with Crippen LogP contribution < -0.4 is 5.01 Å². The fraction of sp³-hybridized carbons (Fsp3) is 0.238. The minimum absolute atomic E-state index is 0.0307. The molecule has 2 aromatic carbocycles. The Bertz CT molecular complexity index is 1120. The molecule has 4 rings (SSSR count). The Morgan fingerprint density at radius 1 is 1.14 bits per heavy atom. The van der Waals surface area contributed by atoms with Gasteiger partial charge in [-0.05, 0) is 38.1 Å². The van der Waals surface area contributed by atoms with Crippen molar-refractivity contribution in [3.05, 3.63) is 81.2 Å². The number of nitrogens with zero attached hydrogens (tertiary/aromatic N) is 5. The lowest BCUT2D eigenvalue weighted by atomic mass is 9.96. The van der Waals surface area contributed by atoms with E-state index < -0.39 is 4.92 Å². The molecule has 0 saturated carbocycles. The van der Waals surface area contributed by atoms with E-state index in [1.807, 2.05) is 42.7 Å². The minimum Gasteiger partial charge on any atom is -0.507 e. The van der Waals surface area contributed by atoms with Gasteiger partial charge in [0, 0.05) is 42.4 Å². The number of aryl methyl sites for hydroxylation is 2. The summed E-state index contributed by atoms with van der Waals surface area (Å²) in [5.41, 5.74) is 5.23. The Morgan fingerprint density at radius 3 is 2.41 bits per heavy atom. The Balaban J connectivity index is 1.81. The van der Waals surface area contributed by atoms with Crippen LogP contribution in [0.15, 0.2) is 53.6 Å².